The maximum Gasteiger partial charge on any atom is 0.0716 e. The molecule has 1 unspecified atom stereocenters. The highest BCUT2D eigenvalue weighted by atomic mass is 16.5. The SMILES string of the molecule is CC(CCO)CCOCc1ccccc1. The van der Waals surface area contributed by atoms with Gasteiger partial charge in [0.25, 0.3) is 0 Å². The Kier molecular flexibility index (Phi) is 6.05. The topological polar surface area (TPSA) is 29.5 Å². The van der Waals surface area contributed by atoms with Gasteiger partial charge in [0, 0.05) is 13.2 Å². The Hall–Kier alpha value is -0.860. The first-order valence-corrected chi connectivity index (χ1v) is 5.55. The third-order valence-electron chi connectivity index (χ3n) is 2.49. The van der Waals surface area contributed by atoms with E-state index in [1.807, 2.05) is 18.2 Å². The van der Waals surface area contributed by atoms with Gasteiger partial charge in [-0.1, -0.05) is 37.3 Å². The lowest BCUT2D eigenvalue weighted by atomic mass is 10.1. The third kappa shape index (κ3) is 5.55. The second-order valence-corrected chi connectivity index (χ2v) is 3.94. The van der Waals surface area contributed by atoms with Crippen LogP contribution in [0, 0.1) is 5.92 Å². The van der Waals surface area contributed by atoms with E-state index in [9.17, 15) is 0 Å². The van der Waals surface area contributed by atoms with Crippen LogP contribution in [-0.4, -0.2) is 18.3 Å². The van der Waals surface area contributed by atoms with Gasteiger partial charge in [-0.2, -0.15) is 0 Å². The van der Waals surface area contributed by atoms with Crippen LogP contribution in [-0.2, 0) is 11.3 Å². The molecule has 0 aliphatic carbocycles. The highest BCUT2D eigenvalue weighted by Gasteiger charge is 2.00. The minimum atomic E-state index is 0.278. The van der Waals surface area contributed by atoms with E-state index in [1.54, 1.807) is 0 Å². The summed E-state index contributed by atoms with van der Waals surface area (Å²) >= 11 is 0. The molecule has 0 spiro atoms. The second-order valence-electron chi connectivity index (χ2n) is 3.94. The zero-order valence-corrected chi connectivity index (χ0v) is 9.36. The Balaban J connectivity index is 2.07. The van der Waals surface area contributed by atoms with Gasteiger partial charge >= 0.3 is 0 Å². The van der Waals surface area contributed by atoms with Crippen molar-refractivity contribution in [2.24, 2.45) is 5.92 Å². The van der Waals surface area contributed by atoms with Crippen LogP contribution in [0.4, 0.5) is 0 Å². The molecule has 0 radical (unpaired) electrons. The molecule has 1 atom stereocenters. The number of aliphatic hydroxyl groups is 1. The van der Waals surface area contributed by atoms with Gasteiger partial charge in [-0.3, -0.25) is 0 Å². The quantitative estimate of drug-likeness (QED) is 0.698. The zero-order valence-electron chi connectivity index (χ0n) is 9.36. The number of hydrogen-bond donors (Lipinski definition) is 1. The molecule has 0 aliphatic rings. The summed E-state index contributed by atoms with van der Waals surface area (Å²) in [7, 11) is 0. The van der Waals surface area contributed by atoms with Gasteiger partial charge in [0.1, 0.15) is 0 Å². The van der Waals surface area contributed by atoms with E-state index >= 15 is 0 Å². The molecule has 2 heteroatoms. The van der Waals surface area contributed by atoms with Gasteiger partial charge in [0.05, 0.1) is 6.61 Å². The van der Waals surface area contributed by atoms with E-state index < -0.39 is 0 Å². The van der Waals surface area contributed by atoms with E-state index in [0.29, 0.717) is 12.5 Å². The molecule has 0 saturated heterocycles. The second kappa shape index (κ2) is 7.43. The summed E-state index contributed by atoms with van der Waals surface area (Å²) in [5, 5.41) is 8.73. The van der Waals surface area contributed by atoms with Crippen LogP contribution in [0.15, 0.2) is 30.3 Å². The lowest BCUT2D eigenvalue weighted by Gasteiger charge is -2.09. The maximum atomic E-state index is 8.73. The average Bonchev–Trinajstić information content (AvgIpc) is 2.26. The first-order chi connectivity index (χ1) is 7.33. The summed E-state index contributed by atoms with van der Waals surface area (Å²) in [4.78, 5) is 0. The molecule has 0 aliphatic heterocycles. The summed E-state index contributed by atoms with van der Waals surface area (Å²) in [6.45, 7) is 3.88. The molecule has 15 heavy (non-hydrogen) atoms. The molecule has 0 amide bonds. The van der Waals surface area contributed by atoms with Crippen molar-refractivity contribution in [3.63, 3.8) is 0 Å². The Morgan fingerprint density at radius 2 is 1.93 bits per heavy atom. The van der Waals surface area contributed by atoms with Crippen LogP contribution >= 0.6 is 0 Å². The van der Waals surface area contributed by atoms with Crippen molar-refractivity contribution in [3.05, 3.63) is 35.9 Å². The molecule has 1 rings (SSSR count). The van der Waals surface area contributed by atoms with Crippen molar-refractivity contribution in [2.75, 3.05) is 13.2 Å². The predicted molar refractivity (Wildman–Crippen MR) is 61.6 cm³/mol. The molecule has 0 fully saturated rings. The van der Waals surface area contributed by atoms with Crippen molar-refractivity contribution in [1.82, 2.24) is 0 Å². The molecule has 1 aromatic carbocycles. The van der Waals surface area contributed by atoms with E-state index in [4.69, 9.17) is 9.84 Å². The normalized spacial score (nSPS) is 12.7. The van der Waals surface area contributed by atoms with Crippen molar-refractivity contribution in [1.29, 1.82) is 0 Å². The Morgan fingerprint density at radius 1 is 1.20 bits per heavy atom. The van der Waals surface area contributed by atoms with Crippen LogP contribution in [0.2, 0.25) is 0 Å². The monoisotopic (exact) mass is 208 g/mol. The molecule has 0 aromatic heterocycles. The van der Waals surface area contributed by atoms with Gasteiger partial charge in [0.2, 0.25) is 0 Å². The molecule has 0 saturated carbocycles. The van der Waals surface area contributed by atoms with E-state index in [0.717, 1.165) is 19.4 Å². The Labute approximate surface area is 91.9 Å². The summed E-state index contributed by atoms with van der Waals surface area (Å²) in [5.74, 6) is 0.547. The Morgan fingerprint density at radius 3 is 2.60 bits per heavy atom. The van der Waals surface area contributed by atoms with Crippen LogP contribution in [0.1, 0.15) is 25.3 Å². The number of aliphatic hydroxyl groups excluding tert-OH is 1. The Bertz CT molecular complexity index is 246. The lowest BCUT2D eigenvalue weighted by Crippen LogP contribution is -2.03. The van der Waals surface area contributed by atoms with Crippen molar-refractivity contribution in [2.45, 2.75) is 26.4 Å². The van der Waals surface area contributed by atoms with Gasteiger partial charge in [-0.15, -0.1) is 0 Å². The first kappa shape index (κ1) is 12.2. The van der Waals surface area contributed by atoms with E-state index in [1.165, 1.54) is 5.56 Å². The van der Waals surface area contributed by atoms with Crippen LogP contribution in [0.3, 0.4) is 0 Å². The van der Waals surface area contributed by atoms with Gasteiger partial charge in [0.15, 0.2) is 0 Å². The highest BCUT2D eigenvalue weighted by molar-refractivity contribution is 5.13. The molecular formula is C13H20O2. The summed E-state index contributed by atoms with van der Waals surface area (Å²) in [6, 6.07) is 10.2. The molecule has 84 valence electrons. The minimum absolute atomic E-state index is 0.278. The van der Waals surface area contributed by atoms with E-state index in [2.05, 4.69) is 19.1 Å². The highest BCUT2D eigenvalue weighted by Crippen LogP contribution is 2.07. The van der Waals surface area contributed by atoms with Crippen molar-refractivity contribution < 1.29 is 9.84 Å². The predicted octanol–water partition coefficient (Wildman–Crippen LogP) is 2.61. The zero-order chi connectivity index (χ0) is 10.9. The number of ether oxygens (including phenoxy) is 1. The fourth-order valence-corrected chi connectivity index (χ4v) is 1.41. The van der Waals surface area contributed by atoms with Crippen LogP contribution < -0.4 is 0 Å². The number of rotatable bonds is 7. The molecule has 1 N–H and O–H groups in total. The standard InChI is InChI=1S/C13H20O2/c1-12(7-9-14)8-10-15-11-13-5-3-2-4-6-13/h2-6,12,14H,7-11H2,1H3. The average molecular weight is 208 g/mol. The smallest absolute Gasteiger partial charge is 0.0716 e. The van der Waals surface area contributed by atoms with Crippen molar-refractivity contribution in [3.8, 4) is 0 Å². The molecule has 0 bridgehead atoms. The molecule has 0 heterocycles. The largest absolute Gasteiger partial charge is 0.396 e. The summed E-state index contributed by atoms with van der Waals surface area (Å²) in [6.07, 6.45) is 1.89. The molecular weight excluding hydrogens is 188 g/mol. The molecule has 1 aromatic rings. The van der Waals surface area contributed by atoms with E-state index in [-0.39, 0.29) is 6.61 Å². The third-order valence-corrected chi connectivity index (χ3v) is 2.49. The lowest BCUT2D eigenvalue weighted by molar-refractivity contribution is 0.105. The minimum Gasteiger partial charge on any atom is -0.396 e. The van der Waals surface area contributed by atoms with Crippen LogP contribution in [0.5, 0.6) is 0 Å². The fourth-order valence-electron chi connectivity index (χ4n) is 1.41. The van der Waals surface area contributed by atoms with Crippen LogP contribution in [0.25, 0.3) is 0 Å². The first-order valence-electron chi connectivity index (χ1n) is 5.55. The number of benzene rings is 1. The maximum absolute atomic E-state index is 8.73. The number of hydrogen-bond acceptors (Lipinski definition) is 2. The summed E-state index contributed by atoms with van der Waals surface area (Å²) < 4.78 is 5.56. The van der Waals surface area contributed by atoms with Gasteiger partial charge < -0.3 is 9.84 Å². The van der Waals surface area contributed by atoms with Gasteiger partial charge in [-0.25, -0.2) is 0 Å². The summed E-state index contributed by atoms with van der Waals surface area (Å²) in [5.41, 5.74) is 1.22. The fraction of sp³-hybridized carbons (Fsp3) is 0.538. The van der Waals surface area contributed by atoms with Crippen molar-refractivity contribution >= 4 is 0 Å². The molecule has 2 nitrogen and oxygen atoms in total. The van der Waals surface area contributed by atoms with Gasteiger partial charge in [-0.05, 0) is 24.3 Å².